The molecule has 2 aliphatic heterocycles. The molecule has 2 saturated heterocycles. The fourth-order valence-electron chi connectivity index (χ4n) is 3.88. The minimum absolute atomic E-state index is 0.119. The van der Waals surface area contributed by atoms with Crippen LogP contribution in [0.5, 0.6) is 0 Å². The third kappa shape index (κ3) is 4.82. The maximum Gasteiger partial charge on any atom is 0.410 e. The maximum atomic E-state index is 12.5. The van der Waals surface area contributed by atoms with Gasteiger partial charge in [0.2, 0.25) is 0 Å². The first-order chi connectivity index (χ1) is 10.8. The number of fused-ring (bicyclic) bond motifs is 2. The lowest BCUT2D eigenvalue weighted by atomic mass is 9.76. The van der Waals surface area contributed by atoms with Gasteiger partial charge in [0.05, 0.1) is 0 Å². The molecule has 0 aromatic rings. The van der Waals surface area contributed by atoms with Crippen LogP contribution in [-0.4, -0.2) is 34.5 Å². The first kappa shape index (κ1) is 18.0. The molecule has 1 amide bonds. The van der Waals surface area contributed by atoms with E-state index < -0.39 is 5.60 Å². The van der Waals surface area contributed by atoms with Crippen LogP contribution >= 0.6 is 0 Å². The van der Waals surface area contributed by atoms with Crippen LogP contribution < -0.4 is 0 Å². The molecule has 4 heteroatoms. The quantitative estimate of drug-likeness (QED) is 0.554. The van der Waals surface area contributed by atoms with Crippen molar-refractivity contribution in [3.05, 3.63) is 12.7 Å². The fourth-order valence-corrected chi connectivity index (χ4v) is 3.88. The van der Waals surface area contributed by atoms with Crippen LogP contribution in [0.4, 0.5) is 4.79 Å². The summed E-state index contributed by atoms with van der Waals surface area (Å²) in [4.78, 5) is 26.9. The molecular formula is C19H31NO3. The van der Waals surface area contributed by atoms with E-state index in [2.05, 4.69) is 6.58 Å². The summed E-state index contributed by atoms with van der Waals surface area (Å²) < 4.78 is 5.58. The summed E-state index contributed by atoms with van der Waals surface area (Å²) in [5.41, 5.74) is -0.470. The first-order valence-corrected chi connectivity index (χ1v) is 8.96. The highest BCUT2D eigenvalue weighted by Crippen LogP contribution is 2.38. The Morgan fingerprint density at radius 3 is 2.35 bits per heavy atom. The lowest BCUT2D eigenvalue weighted by molar-refractivity contribution is -0.127. The Bertz CT molecular complexity index is 438. The third-order valence-corrected chi connectivity index (χ3v) is 4.87. The van der Waals surface area contributed by atoms with Crippen molar-refractivity contribution in [1.29, 1.82) is 0 Å². The number of nitrogens with zero attached hydrogens (tertiary/aromatic N) is 1. The van der Waals surface area contributed by atoms with Gasteiger partial charge in [-0.3, -0.25) is 4.79 Å². The predicted molar refractivity (Wildman–Crippen MR) is 91.3 cm³/mol. The van der Waals surface area contributed by atoms with Gasteiger partial charge in [-0.25, -0.2) is 4.79 Å². The van der Waals surface area contributed by atoms with E-state index in [1.165, 1.54) is 0 Å². The van der Waals surface area contributed by atoms with Gasteiger partial charge >= 0.3 is 6.09 Å². The summed E-state index contributed by atoms with van der Waals surface area (Å²) >= 11 is 0. The lowest BCUT2D eigenvalue weighted by Crippen LogP contribution is -2.56. The summed E-state index contributed by atoms with van der Waals surface area (Å²) in [5, 5.41) is 0. The van der Waals surface area contributed by atoms with Gasteiger partial charge < -0.3 is 9.64 Å². The van der Waals surface area contributed by atoms with Crippen molar-refractivity contribution in [2.75, 3.05) is 0 Å². The van der Waals surface area contributed by atoms with Crippen LogP contribution in [0.1, 0.15) is 72.1 Å². The predicted octanol–water partition coefficient (Wildman–Crippen LogP) is 4.48. The molecule has 2 fully saturated rings. The normalized spacial score (nSPS) is 27.4. The van der Waals surface area contributed by atoms with E-state index in [4.69, 9.17) is 4.74 Å². The molecule has 2 unspecified atom stereocenters. The standard InChI is InChI=1S/C19H31NO3/c1-5-6-7-11-17(21)14-12-15-9-8-10-16(13-14)20(15)18(22)23-19(2,3)4/h5,14-16H,1,6-13H2,2-4H3. The van der Waals surface area contributed by atoms with E-state index in [1.807, 2.05) is 31.7 Å². The van der Waals surface area contributed by atoms with E-state index >= 15 is 0 Å². The van der Waals surface area contributed by atoms with Crippen LogP contribution in [0.25, 0.3) is 0 Å². The number of hydrogen-bond acceptors (Lipinski definition) is 3. The van der Waals surface area contributed by atoms with Crippen LogP contribution in [0.3, 0.4) is 0 Å². The Balaban J connectivity index is 1.98. The smallest absolute Gasteiger partial charge is 0.410 e. The molecule has 2 bridgehead atoms. The average Bonchev–Trinajstić information content (AvgIpc) is 2.44. The second-order valence-corrected chi connectivity index (χ2v) is 7.94. The largest absolute Gasteiger partial charge is 0.444 e. The van der Waals surface area contributed by atoms with E-state index in [0.29, 0.717) is 12.2 Å². The number of Topliss-reactive ketones (excluding diaryl/α,β-unsaturated/α-hetero) is 1. The molecule has 4 nitrogen and oxygen atoms in total. The van der Waals surface area contributed by atoms with E-state index in [9.17, 15) is 9.59 Å². The Morgan fingerprint density at radius 1 is 1.22 bits per heavy atom. The summed E-state index contributed by atoms with van der Waals surface area (Å²) in [5.74, 6) is 0.487. The van der Waals surface area contributed by atoms with Gasteiger partial charge in [0, 0.05) is 24.4 Å². The molecule has 130 valence electrons. The van der Waals surface area contributed by atoms with Crippen molar-refractivity contribution in [2.45, 2.75) is 89.8 Å². The highest BCUT2D eigenvalue weighted by atomic mass is 16.6. The highest BCUT2D eigenvalue weighted by Gasteiger charge is 2.43. The Kier molecular flexibility index (Phi) is 5.88. The first-order valence-electron chi connectivity index (χ1n) is 8.96. The highest BCUT2D eigenvalue weighted by molar-refractivity contribution is 5.81. The number of ether oxygens (including phenoxy) is 1. The molecule has 0 N–H and O–H groups in total. The zero-order valence-corrected chi connectivity index (χ0v) is 14.8. The molecule has 0 radical (unpaired) electrons. The van der Waals surface area contributed by atoms with Gasteiger partial charge in [0.1, 0.15) is 11.4 Å². The maximum absolute atomic E-state index is 12.5. The Hall–Kier alpha value is -1.32. The summed E-state index contributed by atoms with van der Waals surface area (Å²) in [6.07, 6.45) is 8.84. The summed E-state index contributed by atoms with van der Waals surface area (Å²) in [6.45, 7) is 9.40. The van der Waals surface area contributed by atoms with Gasteiger partial charge in [-0.2, -0.15) is 0 Å². The van der Waals surface area contributed by atoms with Crippen molar-refractivity contribution < 1.29 is 14.3 Å². The number of allylic oxidation sites excluding steroid dienone is 1. The second kappa shape index (κ2) is 7.50. The fraction of sp³-hybridized carbons (Fsp3) is 0.789. The molecule has 2 rings (SSSR count). The van der Waals surface area contributed by atoms with Crippen LogP contribution in [0.2, 0.25) is 0 Å². The van der Waals surface area contributed by atoms with Gasteiger partial charge in [-0.1, -0.05) is 6.08 Å². The molecule has 0 aromatic heterocycles. The molecule has 23 heavy (non-hydrogen) atoms. The zero-order valence-electron chi connectivity index (χ0n) is 14.8. The molecule has 2 aliphatic rings. The monoisotopic (exact) mass is 321 g/mol. The molecule has 2 heterocycles. The van der Waals surface area contributed by atoms with Crippen molar-refractivity contribution in [2.24, 2.45) is 5.92 Å². The number of hydrogen-bond donors (Lipinski definition) is 0. The van der Waals surface area contributed by atoms with E-state index in [1.54, 1.807) is 0 Å². The van der Waals surface area contributed by atoms with Crippen LogP contribution in [-0.2, 0) is 9.53 Å². The lowest BCUT2D eigenvalue weighted by Gasteiger charge is -2.48. The van der Waals surface area contributed by atoms with Gasteiger partial charge in [0.25, 0.3) is 0 Å². The minimum atomic E-state index is -0.470. The average molecular weight is 321 g/mol. The van der Waals surface area contributed by atoms with E-state index in [-0.39, 0.29) is 24.1 Å². The number of ketones is 1. The number of carbonyl (C=O) groups excluding carboxylic acids is 2. The molecule has 0 spiro atoms. The third-order valence-electron chi connectivity index (χ3n) is 4.87. The second-order valence-electron chi connectivity index (χ2n) is 7.94. The number of carbonyl (C=O) groups is 2. The zero-order chi connectivity index (χ0) is 17.0. The van der Waals surface area contributed by atoms with Crippen LogP contribution in [0, 0.1) is 5.92 Å². The van der Waals surface area contributed by atoms with Gasteiger partial charge in [-0.05, 0) is 65.7 Å². The van der Waals surface area contributed by atoms with Crippen LogP contribution in [0.15, 0.2) is 12.7 Å². The van der Waals surface area contributed by atoms with E-state index in [0.717, 1.165) is 44.9 Å². The van der Waals surface area contributed by atoms with Crippen molar-refractivity contribution in [1.82, 2.24) is 4.90 Å². The molecule has 0 aromatic carbocycles. The molecule has 0 aliphatic carbocycles. The van der Waals surface area contributed by atoms with Gasteiger partial charge in [-0.15, -0.1) is 6.58 Å². The number of amides is 1. The van der Waals surface area contributed by atoms with Crippen molar-refractivity contribution in [3.63, 3.8) is 0 Å². The number of unbranched alkanes of at least 4 members (excludes halogenated alkanes) is 1. The molecule has 2 atom stereocenters. The Labute approximate surface area is 140 Å². The number of rotatable bonds is 5. The summed E-state index contributed by atoms with van der Waals surface area (Å²) in [6, 6.07) is 0.344. The topological polar surface area (TPSA) is 46.6 Å². The molecular weight excluding hydrogens is 290 g/mol. The Morgan fingerprint density at radius 2 is 1.83 bits per heavy atom. The minimum Gasteiger partial charge on any atom is -0.444 e. The van der Waals surface area contributed by atoms with Crippen molar-refractivity contribution in [3.8, 4) is 0 Å². The number of piperidine rings is 2. The van der Waals surface area contributed by atoms with Gasteiger partial charge in [0.15, 0.2) is 0 Å². The van der Waals surface area contributed by atoms with Crippen molar-refractivity contribution >= 4 is 11.9 Å². The SMILES string of the molecule is C=CCCCC(=O)C1CC2CCCC(C1)N2C(=O)OC(C)(C)C. The summed E-state index contributed by atoms with van der Waals surface area (Å²) in [7, 11) is 0. The molecule has 0 saturated carbocycles.